The molecule has 11 heteroatoms. The van der Waals surface area contributed by atoms with Gasteiger partial charge in [0.05, 0.1) is 13.0 Å². The second-order valence-electron chi connectivity index (χ2n) is 9.92. The van der Waals surface area contributed by atoms with Crippen LogP contribution < -0.4 is 5.32 Å². The summed E-state index contributed by atoms with van der Waals surface area (Å²) in [5.41, 5.74) is 1.61. The topological polar surface area (TPSA) is 130 Å². The van der Waals surface area contributed by atoms with E-state index in [2.05, 4.69) is 44.4 Å². The van der Waals surface area contributed by atoms with E-state index in [0.717, 1.165) is 49.9 Å². The predicted octanol–water partition coefficient (Wildman–Crippen LogP) is 2.92. The summed E-state index contributed by atoms with van der Waals surface area (Å²) in [4.78, 5) is 35.0. The van der Waals surface area contributed by atoms with Crippen molar-refractivity contribution in [3.8, 4) is 0 Å². The Kier molecular flexibility index (Phi) is 5.93. The molecule has 2 aliphatic rings. The molecule has 1 unspecified atom stereocenters. The minimum atomic E-state index is -0.198. The molecular formula is C23H30N8O3. The molecule has 3 aromatic heterocycles. The molecule has 2 atom stereocenters. The first kappa shape index (κ1) is 22.3. The van der Waals surface area contributed by atoms with Gasteiger partial charge in [-0.2, -0.15) is 15.2 Å². The van der Waals surface area contributed by atoms with Crippen LogP contribution in [0.2, 0.25) is 0 Å². The second kappa shape index (κ2) is 9.03. The van der Waals surface area contributed by atoms with Gasteiger partial charge in [0.1, 0.15) is 6.33 Å². The number of fused-ring (bicyclic) bond motifs is 1. The Morgan fingerprint density at radius 2 is 2.18 bits per heavy atom. The van der Waals surface area contributed by atoms with Gasteiger partial charge in [-0.1, -0.05) is 0 Å². The van der Waals surface area contributed by atoms with Crippen molar-refractivity contribution in [1.82, 2.24) is 34.7 Å². The van der Waals surface area contributed by atoms with Gasteiger partial charge in [0, 0.05) is 42.2 Å². The molecule has 1 aliphatic carbocycles. The number of ether oxygens (including phenoxy) is 1. The molecule has 11 nitrogen and oxygen atoms in total. The van der Waals surface area contributed by atoms with Crippen LogP contribution in [0.15, 0.2) is 24.8 Å². The average molecular weight is 467 g/mol. The lowest BCUT2D eigenvalue weighted by Gasteiger charge is -2.31. The summed E-state index contributed by atoms with van der Waals surface area (Å²) in [6.07, 6.45) is 9.71. The minimum absolute atomic E-state index is 0.119. The Labute approximate surface area is 197 Å². The van der Waals surface area contributed by atoms with Crippen molar-refractivity contribution < 1.29 is 14.3 Å². The van der Waals surface area contributed by atoms with Crippen LogP contribution in [0.1, 0.15) is 63.1 Å². The number of aromatic nitrogens is 6. The van der Waals surface area contributed by atoms with E-state index in [1.54, 1.807) is 12.4 Å². The Morgan fingerprint density at radius 3 is 3.00 bits per heavy atom. The normalized spacial score (nSPS) is 21.8. The summed E-state index contributed by atoms with van der Waals surface area (Å²) in [6.45, 7) is 5.40. The number of carbonyl (C=O) groups excluding carboxylic acids is 2. The zero-order valence-electron chi connectivity index (χ0n) is 19.5. The molecular weight excluding hydrogens is 436 g/mol. The number of aromatic amines is 1. The molecule has 5 rings (SSSR count). The fourth-order valence-corrected chi connectivity index (χ4v) is 5.05. The highest BCUT2D eigenvalue weighted by Gasteiger charge is 2.37. The lowest BCUT2D eigenvalue weighted by atomic mass is 10.0. The van der Waals surface area contributed by atoms with Crippen LogP contribution in [0.5, 0.6) is 0 Å². The zero-order valence-corrected chi connectivity index (χ0v) is 19.5. The van der Waals surface area contributed by atoms with Crippen molar-refractivity contribution in [3.05, 3.63) is 36.0 Å². The Balaban J connectivity index is 1.10. The number of likely N-dealkylation sites (tertiary alicyclic amines) is 1. The highest BCUT2D eigenvalue weighted by Crippen LogP contribution is 2.38. The molecule has 2 amide bonds. The molecule has 2 fully saturated rings. The van der Waals surface area contributed by atoms with Gasteiger partial charge in [0.15, 0.2) is 5.82 Å². The van der Waals surface area contributed by atoms with Crippen LogP contribution in [0.25, 0.3) is 5.78 Å². The molecule has 34 heavy (non-hydrogen) atoms. The fourth-order valence-electron chi connectivity index (χ4n) is 5.05. The quantitative estimate of drug-likeness (QED) is 0.571. The number of carbonyl (C=O) groups is 2. The molecule has 1 saturated heterocycles. The Hall–Kier alpha value is -3.50. The molecule has 0 aromatic carbocycles. The lowest BCUT2D eigenvalue weighted by molar-refractivity contribution is -0.115. The number of hydrogen-bond donors (Lipinski definition) is 2. The number of amides is 2. The van der Waals surface area contributed by atoms with Gasteiger partial charge in [0.25, 0.3) is 5.78 Å². The molecule has 1 saturated carbocycles. The minimum Gasteiger partial charge on any atom is -0.449 e. The molecule has 180 valence electrons. The molecule has 4 heterocycles. The molecule has 0 spiro atoms. The summed E-state index contributed by atoms with van der Waals surface area (Å²) in [6, 6.07) is 1.89. The maximum atomic E-state index is 12.5. The average Bonchev–Trinajstić information content (AvgIpc) is 3.58. The summed E-state index contributed by atoms with van der Waals surface area (Å²) in [5.74, 6) is 1.45. The monoisotopic (exact) mass is 466 g/mol. The predicted molar refractivity (Wildman–Crippen MR) is 123 cm³/mol. The number of nitrogens with zero attached hydrogens (tertiary/aromatic N) is 6. The van der Waals surface area contributed by atoms with Gasteiger partial charge < -0.3 is 15.0 Å². The van der Waals surface area contributed by atoms with Crippen LogP contribution in [0.4, 0.5) is 10.6 Å². The Morgan fingerprint density at radius 1 is 1.29 bits per heavy atom. The van der Waals surface area contributed by atoms with Gasteiger partial charge in [-0.15, -0.1) is 0 Å². The van der Waals surface area contributed by atoms with E-state index in [1.807, 2.05) is 11.0 Å². The van der Waals surface area contributed by atoms with Gasteiger partial charge in [0.2, 0.25) is 5.91 Å². The summed E-state index contributed by atoms with van der Waals surface area (Å²) in [5, 5.41) is 14.2. The lowest BCUT2D eigenvalue weighted by Crippen LogP contribution is -2.43. The van der Waals surface area contributed by atoms with Crippen LogP contribution in [-0.4, -0.2) is 65.4 Å². The number of H-pyrrole nitrogens is 1. The van der Waals surface area contributed by atoms with Gasteiger partial charge in [-0.05, 0) is 57.4 Å². The van der Waals surface area contributed by atoms with E-state index in [1.165, 1.54) is 10.8 Å². The van der Waals surface area contributed by atoms with Crippen molar-refractivity contribution in [3.63, 3.8) is 0 Å². The SMILES string of the molecule is CC1(C)CCCN1C(=O)OCC1CC[C@H](c2cc(NC(=O)Cc3cnc4ncnn4c3)n[nH]2)C1. The summed E-state index contributed by atoms with van der Waals surface area (Å²) < 4.78 is 7.19. The van der Waals surface area contributed by atoms with Crippen molar-refractivity contribution >= 4 is 23.6 Å². The molecule has 0 bridgehead atoms. The van der Waals surface area contributed by atoms with E-state index >= 15 is 0 Å². The number of hydrogen-bond acceptors (Lipinski definition) is 7. The highest BCUT2D eigenvalue weighted by molar-refractivity contribution is 5.91. The maximum Gasteiger partial charge on any atom is 0.410 e. The van der Waals surface area contributed by atoms with Crippen molar-refractivity contribution in [2.24, 2.45) is 5.92 Å². The third kappa shape index (κ3) is 4.73. The van der Waals surface area contributed by atoms with Crippen LogP contribution in [0.3, 0.4) is 0 Å². The summed E-state index contributed by atoms with van der Waals surface area (Å²) in [7, 11) is 0. The number of nitrogens with one attached hydrogen (secondary N) is 2. The first-order valence-corrected chi connectivity index (χ1v) is 11.8. The van der Waals surface area contributed by atoms with E-state index in [0.29, 0.717) is 30.0 Å². The molecule has 2 N–H and O–H groups in total. The molecule has 1 aliphatic heterocycles. The van der Waals surface area contributed by atoms with E-state index < -0.39 is 0 Å². The Bertz CT molecular complexity index is 1190. The molecule has 0 radical (unpaired) electrons. The third-order valence-corrected chi connectivity index (χ3v) is 6.96. The smallest absolute Gasteiger partial charge is 0.410 e. The van der Waals surface area contributed by atoms with E-state index in [4.69, 9.17) is 4.74 Å². The van der Waals surface area contributed by atoms with Crippen LogP contribution in [0, 0.1) is 5.92 Å². The van der Waals surface area contributed by atoms with Gasteiger partial charge in [-0.25, -0.2) is 14.3 Å². The first-order chi connectivity index (χ1) is 16.4. The van der Waals surface area contributed by atoms with Crippen molar-refractivity contribution in [2.45, 2.75) is 63.8 Å². The van der Waals surface area contributed by atoms with E-state index in [9.17, 15) is 9.59 Å². The first-order valence-electron chi connectivity index (χ1n) is 11.8. The third-order valence-electron chi connectivity index (χ3n) is 6.96. The standard InChI is InChI=1S/C23H30N8O3/c1-23(2)6-3-7-30(23)22(33)34-13-15-4-5-17(8-15)18-10-19(29-28-18)27-20(32)9-16-11-24-21-25-14-26-31(21)12-16/h10-12,14-15,17H,3-9,13H2,1-2H3,(H2,27,28,29,32)/t15?,17-/m0/s1. The van der Waals surface area contributed by atoms with Crippen LogP contribution in [-0.2, 0) is 16.0 Å². The molecule has 3 aromatic rings. The highest BCUT2D eigenvalue weighted by atomic mass is 16.6. The largest absolute Gasteiger partial charge is 0.449 e. The van der Waals surface area contributed by atoms with Crippen molar-refractivity contribution in [1.29, 1.82) is 0 Å². The number of rotatable bonds is 6. The van der Waals surface area contributed by atoms with Crippen molar-refractivity contribution in [2.75, 3.05) is 18.5 Å². The number of anilines is 1. The maximum absolute atomic E-state index is 12.5. The fraction of sp³-hybridized carbons (Fsp3) is 0.565. The van der Waals surface area contributed by atoms with E-state index in [-0.39, 0.29) is 24.0 Å². The zero-order chi connectivity index (χ0) is 23.7. The second-order valence-corrected chi connectivity index (χ2v) is 9.92. The van der Waals surface area contributed by atoms with Gasteiger partial charge >= 0.3 is 6.09 Å². The van der Waals surface area contributed by atoms with Crippen LogP contribution >= 0.6 is 0 Å². The van der Waals surface area contributed by atoms with Gasteiger partial charge in [-0.3, -0.25) is 9.89 Å². The summed E-state index contributed by atoms with van der Waals surface area (Å²) >= 11 is 0.